The Bertz CT molecular complexity index is 878. The first-order chi connectivity index (χ1) is 12.9. The minimum absolute atomic E-state index is 0.00640. The lowest BCUT2D eigenvalue weighted by molar-refractivity contribution is -0.385. The summed E-state index contributed by atoms with van der Waals surface area (Å²) in [6.07, 6.45) is 0. The number of anilines is 1. The quantitative estimate of drug-likeness (QED) is 0.440. The zero-order valence-corrected chi connectivity index (χ0v) is 14.8. The molecule has 2 aromatic carbocycles. The fourth-order valence-corrected chi connectivity index (χ4v) is 2.11. The highest BCUT2D eigenvalue weighted by Gasteiger charge is 2.14. The summed E-state index contributed by atoms with van der Waals surface area (Å²) >= 11 is 0. The summed E-state index contributed by atoms with van der Waals surface area (Å²) in [5, 5.41) is 17.5. The number of ether oxygens (including phenoxy) is 1. The summed E-state index contributed by atoms with van der Waals surface area (Å²) in [6.45, 7) is 2.71. The lowest BCUT2D eigenvalue weighted by Gasteiger charge is -2.07. The predicted octanol–water partition coefficient (Wildman–Crippen LogP) is 2.47. The number of hydrazone groups is 1. The molecular formula is C18H18N4O5. The molecule has 2 rings (SSSR count). The second kappa shape index (κ2) is 9.09. The van der Waals surface area contributed by atoms with Crippen LogP contribution in [0.1, 0.15) is 19.4 Å². The molecule has 0 fully saturated rings. The summed E-state index contributed by atoms with van der Waals surface area (Å²) < 4.78 is 5.19. The van der Waals surface area contributed by atoms with E-state index in [0.29, 0.717) is 11.4 Å². The van der Waals surface area contributed by atoms with Crippen LogP contribution in [-0.4, -0.2) is 29.1 Å². The SMILES string of the molecule is CC(=O)Nc1ccc(C(C)=NNC(=O)COc2ccccc2[N+](=O)[O-])cc1. The number of benzene rings is 2. The van der Waals surface area contributed by atoms with E-state index in [4.69, 9.17) is 4.74 Å². The molecule has 2 aromatic rings. The lowest BCUT2D eigenvalue weighted by atomic mass is 10.1. The Morgan fingerprint density at radius 1 is 1.11 bits per heavy atom. The van der Waals surface area contributed by atoms with Crippen molar-refractivity contribution in [3.05, 3.63) is 64.2 Å². The molecule has 0 saturated carbocycles. The van der Waals surface area contributed by atoms with Crippen LogP contribution in [0.25, 0.3) is 0 Å². The number of carbonyl (C=O) groups excluding carboxylic acids is 2. The Morgan fingerprint density at radius 2 is 1.78 bits per heavy atom. The Labute approximate surface area is 155 Å². The van der Waals surface area contributed by atoms with E-state index in [1.54, 1.807) is 37.3 Å². The molecule has 9 heteroatoms. The van der Waals surface area contributed by atoms with E-state index in [1.165, 1.54) is 25.1 Å². The summed E-state index contributed by atoms with van der Waals surface area (Å²) in [5.74, 6) is -0.715. The first kappa shape index (κ1) is 19.6. The van der Waals surface area contributed by atoms with Gasteiger partial charge in [-0.05, 0) is 30.7 Å². The van der Waals surface area contributed by atoms with Crippen molar-refractivity contribution in [2.45, 2.75) is 13.8 Å². The molecule has 0 aliphatic carbocycles. The Kier molecular flexibility index (Phi) is 6.59. The summed E-state index contributed by atoms with van der Waals surface area (Å²) in [7, 11) is 0. The van der Waals surface area contributed by atoms with Crippen molar-refractivity contribution in [1.29, 1.82) is 0 Å². The number of nitro groups is 1. The van der Waals surface area contributed by atoms with Crippen LogP contribution in [0, 0.1) is 10.1 Å². The molecule has 0 spiro atoms. The maximum absolute atomic E-state index is 11.8. The molecule has 0 unspecified atom stereocenters. The van der Waals surface area contributed by atoms with Gasteiger partial charge in [0.15, 0.2) is 12.4 Å². The van der Waals surface area contributed by atoms with Gasteiger partial charge in [-0.15, -0.1) is 0 Å². The molecule has 27 heavy (non-hydrogen) atoms. The van der Waals surface area contributed by atoms with Crippen molar-refractivity contribution in [2.75, 3.05) is 11.9 Å². The number of amides is 2. The van der Waals surface area contributed by atoms with Gasteiger partial charge in [0.1, 0.15) is 0 Å². The van der Waals surface area contributed by atoms with E-state index in [1.807, 2.05) is 0 Å². The lowest BCUT2D eigenvalue weighted by Crippen LogP contribution is -2.25. The minimum atomic E-state index is -0.583. The van der Waals surface area contributed by atoms with Crippen LogP contribution in [0.15, 0.2) is 53.6 Å². The summed E-state index contributed by atoms with van der Waals surface area (Å²) in [6, 6.07) is 12.7. The van der Waals surface area contributed by atoms with Gasteiger partial charge in [-0.3, -0.25) is 19.7 Å². The number of hydrogen-bond donors (Lipinski definition) is 2. The molecule has 2 amide bonds. The van der Waals surface area contributed by atoms with Crippen LogP contribution in [-0.2, 0) is 9.59 Å². The molecule has 0 saturated heterocycles. The molecule has 2 N–H and O–H groups in total. The molecular weight excluding hydrogens is 352 g/mol. The van der Waals surface area contributed by atoms with Gasteiger partial charge in [-0.1, -0.05) is 24.3 Å². The van der Waals surface area contributed by atoms with Gasteiger partial charge in [0.05, 0.1) is 10.6 Å². The monoisotopic (exact) mass is 370 g/mol. The summed E-state index contributed by atoms with van der Waals surface area (Å²) in [4.78, 5) is 33.2. The van der Waals surface area contributed by atoms with Crippen LogP contribution in [0.2, 0.25) is 0 Å². The molecule has 0 heterocycles. The molecule has 0 bridgehead atoms. The van der Waals surface area contributed by atoms with Crippen LogP contribution in [0.4, 0.5) is 11.4 Å². The number of nitrogens with zero attached hydrogens (tertiary/aromatic N) is 2. The standard InChI is InChI=1S/C18H18N4O5/c1-12(14-7-9-15(10-8-14)19-13(2)23)20-21-18(24)11-27-17-6-4-3-5-16(17)22(25)26/h3-10H,11H2,1-2H3,(H,19,23)(H,21,24). The topological polar surface area (TPSA) is 123 Å². The molecule has 9 nitrogen and oxygen atoms in total. The van der Waals surface area contributed by atoms with Crippen molar-refractivity contribution < 1.29 is 19.2 Å². The van der Waals surface area contributed by atoms with E-state index in [-0.39, 0.29) is 17.3 Å². The van der Waals surface area contributed by atoms with Crippen molar-refractivity contribution in [1.82, 2.24) is 5.43 Å². The molecule has 0 aromatic heterocycles. The molecule has 0 atom stereocenters. The maximum Gasteiger partial charge on any atom is 0.310 e. The molecule has 0 aliphatic heterocycles. The zero-order chi connectivity index (χ0) is 19.8. The number of nitrogens with one attached hydrogen (secondary N) is 2. The number of para-hydroxylation sites is 2. The number of rotatable bonds is 7. The van der Waals surface area contributed by atoms with Gasteiger partial charge in [0, 0.05) is 18.7 Å². The molecule has 140 valence electrons. The maximum atomic E-state index is 11.8. The van der Waals surface area contributed by atoms with E-state index in [0.717, 1.165) is 5.56 Å². The van der Waals surface area contributed by atoms with Gasteiger partial charge in [-0.2, -0.15) is 5.10 Å². The fourth-order valence-electron chi connectivity index (χ4n) is 2.11. The third-order valence-electron chi connectivity index (χ3n) is 3.39. The van der Waals surface area contributed by atoms with Crippen LogP contribution >= 0.6 is 0 Å². The zero-order valence-electron chi connectivity index (χ0n) is 14.8. The van der Waals surface area contributed by atoms with Gasteiger partial charge < -0.3 is 10.1 Å². The average Bonchev–Trinajstić information content (AvgIpc) is 2.64. The van der Waals surface area contributed by atoms with Crippen molar-refractivity contribution >= 4 is 28.9 Å². The third-order valence-corrected chi connectivity index (χ3v) is 3.39. The van der Waals surface area contributed by atoms with E-state index in [2.05, 4.69) is 15.8 Å². The predicted molar refractivity (Wildman–Crippen MR) is 99.7 cm³/mol. The number of hydrogen-bond acceptors (Lipinski definition) is 6. The van der Waals surface area contributed by atoms with Gasteiger partial charge in [0.25, 0.3) is 5.91 Å². The summed E-state index contributed by atoms with van der Waals surface area (Å²) in [5.41, 5.74) is 4.07. The van der Waals surface area contributed by atoms with Crippen LogP contribution < -0.4 is 15.5 Å². The van der Waals surface area contributed by atoms with E-state index >= 15 is 0 Å². The first-order valence-corrected chi connectivity index (χ1v) is 7.94. The number of nitro benzene ring substituents is 1. The first-order valence-electron chi connectivity index (χ1n) is 7.94. The van der Waals surface area contributed by atoms with Crippen LogP contribution in [0.5, 0.6) is 5.75 Å². The van der Waals surface area contributed by atoms with Crippen molar-refractivity contribution in [2.24, 2.45) is 5.10 Å². The normalized spacial score (nSPS) is 10.8. The van der Waals surface area contributed by atoms with Crippen molar-refractivity contribution in [3.8, 4) is 5.75 Å². The highest BCUT2D eigenvalue weighted by atomic mass is 16.6. The fraction of sp³-hybridized carbons (Fsp3) is 0.167. The largest absolute Gasteiger partial charge is 0.477 e. The van der Waals surface area contributed by atoms with E-state index in [9.17, 15) is 19.7 Å². The van der Waals surface area contributed by atoms with E-state index < -0.39 is 17.4 Å². The third kappa shape index (κ3) is 5.92. The minimum Gasteiger partial charge on any atom is -0.477 e. The molecule has 0 radical (unpaired) electrons. The number of carbonyl (C=O) groups is 2. The highest BCUT2D eigenvalue weighted by Crippen LogP contribution is 2.25. The smallest absolute Gasteiger partial charge is 0.310 e. The highest BCUT2D eigenvalue weighted by molar-refractivity contribution is 6.00. The van der Waals surface area contributed by atoms with Gasteiger partial charge in [0.2, 0.25) is 5.91 Å². The Hall–Kier alpha value is -3.75. The Balaban J connectivity index is 1.92. The molecule has 0 aliphatic rings. The average molecular weight is 370 g/mol. The van der Waals surface area contributed by atoms with Crippen molar-refractivity contribution in [3.63, 3.8) is 0 Å². The Morgan fingerprint density at radius 3 is 2.41 bits per heavy atom. The second-order valence-electron chi connectivity index (χ2n) is 5.50. The van der Waals surface area contributed by atoms with Gasteiger partial charge >= 0.3 is 5.69 Å². The second-order valence-corrected chi connectivity index (χ2v) is 5.50. The van der Waals surface area contributed by atoms with Gasteiger partial charge in [-0.25, -0.2) is 5.43 Å². The van der Waals surface area contributed by atoms with Crippen LogP contribution in [0.3, 0.4) is 0 Å².